The van der Waals surface area contributed by atoms with Crippen molar-refractivity contribution in [2.45, 2.75) is 0 Å². The molecule has 160 valence electrons. The number of hydrogen-bond acceptors (Lipinski definition) is 8. The maximum atomic E-state index is 13.8. The minimum Gasteiger partial charge on any atom is -0.493 e. The number of nitrogens with zero attached hydrogens (tertiary/aromatic N) is 1. The Hall–Kier alpha value is -3.66. The van der Waals surface area contributed by atoms with Gasteiger partial charge in [0.25, 0.3) is 11.1 Å². The molecule has 0 atom stereocenters. The van der Waals surface area contributed by atoms with Crippen molar-refractivity contribution in [1.29, 1.82) is 0 Å². The van der Waals surface area contributed by atoms with Crippen molar-refractivity contribution in [2.75, 3.05) is 20.8 Å². The van der Waals surface area contributed by atoms with E-state index in [0.717, 1.165) is 18.1 Å². The van der Waals surface area contributed by atoms with E-state index in [1.54, 1.807) is 0 Å². The van der Waals surface area contributed by atoms with Gasteiger partial charge in [-0.05, 0) is 47.7 Å². The highest BCUT2D eigenvalue weighted by molar-refractivity contribution is 8.18. The highest BCUT2D eigenvalue weighted by atomic mass is 32.2. The molecule has 10 heteroatoms. The number of methoxy groups -OCH3 is 2. The van der Waals surface area contributed by atoms with Crippen molar-refractivity contribution < 1.29 is 37.8 Å². The molecular weight excluding hydrogens is 429 g/mol. The second kappa shape index (κ2) is 9.43. The van der Waals surface area contributed by atoms with Gasteiger partial charge in [0.2, 0.25) is 0 Å². The molecule has 0 unspecified atom stereocenters. The third-order valence-corrected chi connectivity index (χ3v) is 5.08. The van der Waals surface area contributed by atoms with Crippen LogP contribution < -0.4 is 9.47 Å². The summed E-state index contributed by atoms with van der Waals surface area (Å²) in [5.41, 5.74) is 0.249. The molecular formula is C21H16FNO7S. The van der Waals surface area contributed by atoms with Gasteiger partial charge in [0.05, 0.1) is 24.7 Å². The van der Waals surface area contributed by atoms with E-state index < -0.39 is 35.4 Å². The Labute approximate surface area is 180 Å². The summed E-state index contributed by atoms with van der Waals surface area (Å²) < 4.78 is 28.7. The topological polar surface area (TPSA) is 99.2 Å². The molecule has 0 radical (unpaired) electrons. The van der Waals surface area contributed by atoms with Crippen molar-refractivity contribution in [1.82, 2.24) is 4.90 Å². The Bertz CT molecular complexity index is 1100. The number of imide groups is 1. The number of halogens is 1. The Balaban J connectivity index is 1.81. The summed E-state index contributed by atoms with van der Waals surface area (Å²) in [4.78, 5) is 48.9. The summed E-state index contributed by atoms with van der Waals surface area (Å²) in [6, 6.07) is 9.83. The first kappa shape index (κ1) is 22.0. The highest BCUT2D eigenvalue weighted by Gasteiger charge is 2.36. The quantitative estimate of drug-likeness (QED) is 0.380. The van der Waals surface area contributed by atoms with Crippen LogP contribution in [-0.4, -0.2) is 48.7 Å². The second-order valence-electron chi connectivity index (χ2n) is 6.12. The van der Waals surface area contributed by atoms with Gasteiger partial charge in [-0.25, -0.2) is 9.18 Å². The van der Waals surface area contributed by atoms with Gasteiger partial charge in [-0.15, -0.1) is 0 Å². The zero-order valence-electron chi connectivity index (χ0n) is 16.4. The van der Waals surface area contributed by atoms with Gasteiger partial charge in [-0.3, -0.25) is 19.3 Å². The lowest BCUT2D eigenvalue weighted by atomic mass is 10.1. The number of amides is 2. The molecule has 0 aromatic heterocycles. The van der Waals surface area contributed by atoms with E-state index in [0.29, 0.717) is 17.3 Å². The van der Waals surface area contributed by atoms with Crippen molar-refractivity contribution in [2.24, 2.45) is 0 Å². The Morgan fingerprint density at radius 2 is 1.84 bits per heavy atom. The lowest BCUT2D eigenvalue weighted by molar-refractivity contribution is -0.143. The first-order valence-corrected chi connectivity index (χ1v) is 9.62. The first-order valence-electron chi connectivity index (χ1n) is 8.81. The van der Waals surface area contributed by atoms with Gasteiger partial charge >= 0.3 is 11.9 Å². The van der Waals surface area contributed by atoms with E-state index in [9.17, 15) is 23.6 Å². The number of esters is 2. The standard InChI is InChI=1S/C21H16FNO7S/c1-28-16-9-12(10-17-19(25)23(21(27)31-17)11-18(24)29-2)7-8-15(16)30-20(26)13-5-3-4-6-14(13)22/h3-10H,11H2,1-2H3/b17-10-. The Kier molecular flexibility index (Phi) is 6.71. The number of rotatable bonds is 6. The van der Waals surface area contributed by atoms with Crippen LogP contribution >= 0.6 is 11.8 Å². The Morgan fingerprint density at radius 3 is 2.52 bits per heavy atom. The van der Waals surface area contributed by atoms with Crippen LogP contribution in [0.2, 0.25) is 0 Å². The van der Waals surface area contributed by atoms with Gasteiger partial charge in [0.15, 0.2) is 11.5 Å². The molecule has 1 aliphatic rings. The molecule has 0 aliphatic carbocycles. The van der Waals surface area contributed by atoms with Gasteiger partial charge < -0.3 is 14.2 Å². The van der Waals surface area contributed by atoms with E-state index in [4.69, 9.17) is 9.47 Å². The number of carbonyl (C=O) groups excluding carboxylic acids is 4. The van der Waals surface area contributed by atoms with Gasteiger partial charge in [-0.2, -0.15) is 0 Å². The molecule has 0 N–H and O–H groups in total. The van der Waals surface area contributed by atoms with Crippen molar-refractivity contribution in [3.8, 4) is 11.5 Å². The van der Waals surface area contributed by atoms with Gasteiger partial charge in [0, 0.05) is 0 Å². The minimum atomic E-state index is -0.895. The molecule has 1 saturated heterocycles. The molecule has 0 spiro atoms. The molecule has 2 amide bonds. The average Bonchev–Trinajstić information content (AvgIpc) is 3.02. The maximum Gasteiger partial charge on any atom is 0.346 e. The number of ether oxygens (including phenoxy) is 3. The summed E-state index contributed by atoms with van der Waals surface area (Å²) in [6.45, 7) is -0.479. The molecule has 2 aromatic rings. The fraction of sp³-hybridized carbons (Fsp3) is 0.143. The molecule has 3 rings (SSSR count). The fourth-order valence-electron chi connectivity index (χ4n) is 2.62. The van der Waals surface area contributed by atoms with Crippen LogP contribution in [0.15, 0.2) is 47.4 Å². The van der Waals surface area contributed by atoms with E-state index in [-0.39, 0.29) is 22.0 Å². The molecule has 0 bridgehead atoms. The summed E-state index contributed by atoms with van der Waals surface area (Å²) in [7, 11) is 2.51. The number of hydrogen-bond donors (Lipinski definition) is 0. The van der Waals surface area contributed by atoms with Crippen LogP contribution in [0, 0.1) is 5.82 Å². The van der Waals surface area contributed by atoms with Crippen LogP contribution in [0.1, 0.15) is 15.9 Å². The van der Waals surface area contributed by atoms with Crippen LogP contribution in [-0.2, 0) is 14.3 Å². The van der Waals surface area contributed by atoms with E-state index in [1.165, 1.54) is 49.6 Å². The van der Waals surface area contributed by atoms with Crippen LogP contribution in [0.5, 0.6) is 11.5 Å². The average molecular weight is 445 g/mol. The predicted octanol–water partition coefficient (Wildman–Crippen LogP) is 3.26. The van der Waals surface area contributed by atoms with Crippen molar-refractivity contribution in [3.63, 3.8) is 0 Å². The van der Waals surface area contributed by atoms with Crippen molar-refractivity contribution >= 4 is 40.9 Å². The number of benzene rings is 2. The van der Waals surface area contributed by atoms with Crippen LogP contribution in [0.25, 0.3) is 6.08 Å². The fourth-order valence-corrected chi connectivity index (χ4v) is 3.46. The summed E-state index contributed by atoms with van der Waals surface area (Å²) >= 11 is 0.679. The number of carbonyl (C=O) groups is 4. The van der Waals surface area contributed by atoms with Crippen LogP contribution in [0.4, 0.5) is 9.18 Å². The Morgan fingerprint density at radius 1 is 1.10 bits per heavy atom. The van der Waals surface area contributed by atoms with Gasteiger partial charge in [-0.1, -0.05) is 18.2 Å². The SMILES string of the molecule is COC(=O)CN1C(=O)S/C(=C\c2ccc(OC(=O)c3ccccc3F)c(OC)c2)C1=O. The summed E-state index contributed by atoms with van der Waals surface area (Å²) in [5, 5.41) is -0.593. The molecule has 8 nitrogen and oxygen atoms in total. The number of thioether (sulfide) groups is 1. The maximum absolute atomic E-state index is 13.8. The third kappa shape index (κ3) is 4.92. The van der Waals surface area contributed by atoms with Crippen molar-refractivity contribution in [3.05, 3.63) is 64.3 Å². The summed E-state index contributed by atoms with van der Waals surface area (Å²) in [6.07, 6.45) is 1.44. The molecule has 1 heterocycles. The normalized spacial score (nSPS) is 14.7. The first-order chi connectivity index (χ1) is 14.8. The molecule has 1 aliphatic heterocycles. The largest absolute Gasteiger partial charge is 0.493 e. The lowest BCUT2D eigenvalue weighted by Crippen LogP contribution is -2.34. The second-order valence-corrected chi connectivity index (χ2v) is 7.12. The molecule has 2 aromatic carbocycles. The molecule has 31 heavy (non-hydrogen) atoms. The highest BCUT2D eigenvalue weighted by Crippen LogP contribution is 2.34. The van der Waals surface area contributed by atoms with E-state index in [2.05, 4.69) is 4.74 Å². The lowest BCUT2D eigenvalue weighted by Gasteiger charge is -2.11. The summed E-state index contributed by atoms with van der Waals surface area (Å²) in [5.74, 6) is -2.75. The van der Waals surface area contributed by atoms with E-state index in [1.807, 2.05) is 0 Å². The predicted molar refractivity (Wildman–Crippen MR) is 109 cm³/mol. The zero-order chi connectivity index (χ0) is 22.5. The zero-order valence-corrected chi connectivity index (χ0v) is 17.2. The van der Waals surface area contributed by atoms with E-state index >= 15 is 0 Å². The minimum absolute atomic E-state index is 0.0479. The van der Waals surface area contributed by atoms with Crippen LogP contribution in [0.3, 0.4) is 0 Å². The smallest absolute Gasteiger partial charge is 0.346 e. The monoisotopic (exact) mass is 445 g/mol. The molecule has 0 saturated carbocycles. The third-order valence-electron chi connectivity index (χ3n) is 4.17. The van der Waals surface area contributed by atoms with Gasteiger partial charge in [0.1, 0.15) is 12.4 Å². The molecule has 1 fully saturated rings.